The highest BCUT2D eigenvalue weighted by Gasteiger charge is 2.48. The van der Waals surface area contributed by atoms with Gasteiger partial charge in [0.2, 0.25) is 5.91 Å². The Morgan fingerprint density at radius 2 is 2.00 bits per heavy atom. The summed E-state index contributed by atoms with van der Waals surface area (Å²) in [4.78, 5) is 16.1. The first-order valence-corrected chi connectivity index (χ1v) is 8.87. The topological polar surface area (TPSA) is 71.4 Å². The summed E-state index contributed by atoms with van der Waals surface area (Å²) in [5, 5.41) is 15.7. The molecule has 1 amide bonds. The lowest BCUT2D eigenvalue weighted by molar-refractivity contribution is -0.127. The molecule has 3 fully saturated rings. The smallest absolute Gasteiger partial charge is 0.233 e. The molecular formula is C17H29N5O. The fourth-order valence-electron chi connectivity index (χ4n) is 4.13. The van der Waals surface area contributed by atoms with E-state index >= 15 is 0 Å². The highest BCUT2D eigenvalue weighted by Crippen LogP contribution is 2.35. The number of likely N-dealkylation sites (tertiary alicyclic amines) is 2. The lowest BCUT2D eigenvalue weighted by Gasteiger charge is -2.56. The van der Waals surface area contributed by atoms with Crippen LogP contribution in [0.5, 0.6) is 0 Å². The van der Waals surface area contributed by atoms with Crippen molar-refractivity contribution in [3.05, 3.63) is 0 Å². The molecule has 0 aromatic heterocycles. The third-order valence-electron chi connectivity index (χ3n) is 5.82. The van der Waals surface area contributed by atoms with Gasteiger partial charge in [-0.2, -0.15) is 5.26 Å². The first-order valence-electron chi connectivity index (χ1n) is 8.87. The Balaban J connectivity index is 1.48. The zero-order valence-corrected chi connectivity index (χ0v) is 14.3. The molecule has 0 aromatic carbocycles. The zero-order valence-electron chi connectivity index (χ0n) is 14.3. The molecule has 0 bridgehead atoms. The van der Waals surface area contributed by atoms with Crippen molar-refractivity contribution in [3.63, 3.8) is 0 Å². The molecule has 0 radical (unpaired) electrons. The van der Waals surface area contributed by atoms with Crippen molar-refractivity contribution in [2.75, 3.05) is 39.8 Å². The minimum absolute atomic E-state index is 0.0272. The largest absolute Gasteiger partial charge is 0.358 e. The molecular weight excluding hydrogens is 290 g/mol. The van der Waals surface area contributed by atoms with Crippen molar-refractivity contribution in [1.82, 2.24) is 20.4 Å². The molecule has 0 aromatic rings. The van der Waals surface area contributed by atoms with Crippen molar-refractivity contribution in [2.45, 2.75) is 50.2 Å². The van der Waals surface area contributed by atoms with Gasteiger partial charge in [0.25, 0.3) is 0 Å². The van der Waals surface area contributed by atoms with E-state index in [1.54, 1.807) is 7.05 Å². The highest BCUT2D eigenvalue weighted by atomic mass is 16.1. The van der Waals surface area contributed by atoms with Crippen LogP contribution in [0.25, 0.3) is 0 Å². The van der Waals surface area contributed by atoms with Gasteiger partial charge >= 0.3 is 0 Å². The molecule has 2 heterocycles. The summed E-state index contributed by atoms with van der Waals surface area (Å²) in [6.07, 6.45) is 4.24. The Morgan fingerprint density at radius 3 is 2.52 bits per heavy atom. The van der Waals surface area contributed by atoms with Crippen molar-refractivity contribution in [1.29, 1.82) is 5.26 Å². The molecule has 6 heteroatoms. The summed E-state index contributed by atoms with van der Waals surface area (Å²) in [6, 6.07) is 3.75. The molecule has 0 unspecified atom stereocenters. The molecule has 3 rings (SSSR count). The third-order valence-corrected chi connectivity index (χ3v) is 5.82. The van der Waals surface area contributed by atoms with Crippen molar-refractivity contribution >= 4 is 5.91 Å². The molecule has 128 valence electrons. The maximum Gasteiger partial charge on any atom is 0.233 e. The summed E-state index contributed by atoms with van der Waals surface area (Å²) < 4.78 is 0. The van der Waals surface area contributed by atoms with Gasteiger partial charge < -0.3 is 10.6 Å². The van der Waals surface area contributed by atoms with E-state index in [-0.39, 0.29) is 11.4 Å². The van der Waals surface area contributed by atoms with Gasteiger partial charge in [-0.15, -0.1) is 0 Å². The summed E-state index contributed by atoms with van der Waals surface area (Å²) in [5.74, 6) is 0.903. The van der Waals surface area contributed by atoms with Crippen molar-refractivity contribution in [2.24, 2.45) is 5.92 Å². The van der Waals surface area contributed by atoms with Gasteiger partial charge in [0.15, 0.2) is 0 Å². The van der Waals surface area contributed by atoms with Gasteiger partial charge in [0, 0.05) is 45.3 Å². The molecule has 6 nitrogen and oxygen atoms in total. The number of rotatable bonds is 6. The van der Waals surface area contributed by atoms with Gasteiger partial charge in [-0.25, -0.2) is 0 Å². The predicted molar refractivity (Wildman–Crippen MR) is 88.8 cm³/mol. The lowest BCUT2D eigenvalue weighted by atomic mass is 9.82. The monoisotopic (exact) mass is 319 g/mol. The SMILES string of the molecule is CNC(=O)CN1CC(CC#N)(N2CCC(N[C@@H]3C[C@H]3C)CC2)C1. The number of carbonyl (C=O) groups is 1. The summed E-state index contributed by atoms with van der Waals surface area (Å²) >= 11 is 0. The Kier molecular flexibility index (Phi) is 4.90. The third kappa shape index (κ3) is 3.68. The summed E-state index contributed by atoms with van der Waals surface area (Å²) in [7, 11) is 1.67. The van der Waals surface area contributed by atoms with Gasteiger partial charge in [0.1, 0.15) is 0 Å². The average Bonchev–Trinajstić information content (AvgIpc) is 3.20. The maximum absolute atomic E-state index is 11.5. The fraction of sp³-hybridized carbons (Fsp3) is 0.882. The van der Waals surface area contributed by atoms with Crippen LogP contribution in [-0.2, 0) is 4.79 Å². The second-order valence-electron chi connectivity index (χ2n) is 7.63. The highest BCUT2D eigenvalue weighted by molar-refractivity contribution is 5.77. The second kappa shape index (κ2) is 6.76. The number of amides is 1. The molecule has 23 heavy (non-hydrogen) atoms. The van der Waals surface area contributed by atoms with Gasteiger partial charge in [-0.3, -0.25) is 14.6 Å². The normalized spacial score (nSPS) is 31.2. The van der Waals surface area contributed by atoms with E-state index < -0.39 is 0 Å². The Hall–Kier alpha value is -1.16. The van der Waals surface area contributed by atoms with Crippen LogP contribution >= 0.6 is 0 Å². The first-order chi connectivity index (χ1) is 11.1. The van der Waals surface area contributed by atoms with Gasteiger partial charge in [0.05, 0.1) is 24.6 Å². The van der Waals surface area contributed by atoms with Crippen LogP contribution in [0.15, 0.2) is 0 Å². The number of likely N-dealkylation sites (N-methyl/N-ethyl adjacent to an activating group) is 1. The fourth-order valence-corrected chi connectivity index (χ4v) is 4.13. The molecule has 0 spiro atoms. The minimum atomic E-state index is -0.0272. The van der Waals surface area contributed by atoms with E-state index in [1.165, 1.54) is 19.3 Å². The predicted octanol–water partition coefficient (Wildman–Crippen LogP) is 0.163. The lowest BCUT2D eigenvalue weighted by Crippen LogP contribution is -2.72. The van der Waals surface area contributed by atoms with E-state index in [0.29, 0.717) is 19.0 Å². The minimum Gasteiger partial charge on any atom is -0.358 e. The average molecular weight is 319 g/mol. The first kappa shape index (κ1) is 16.7. The van der Waals surface area contributed by atoms with E-state index in [0.717, 1.165) is 38.1 Å². The second-order valence-corrected chi connectivity index (χ2v) is 7.63. The molecule has 1 saturated carbocycles. The number of piperidine rings is 1. The number of hydrogen-bond donors (Lipinski definition) is 2. The van der Waals surface area contributed by atoms with Crippen molar-refractivity contribution < 1.29 is 4.79 Å². The van der Waals surface area contributed by atoms with Gasteiger partial charge in [-0.1, -0.05) is 6.92 Å². The molecule has 2 saturated heterocycles. The quantitative estimate of drug-likeness (QED) is 0.730. The van der Waals surface area contributed by atoms with Crippen LogP contribution in [-0.4, -0.2) is 73.1 Å². The van der Waals surface area contributed by atoms with Gasteiger partial charge in [-0.05, 0) is 25.2 Å². The number of carbonyl (C=O) groups excluding carboxylic acids is 1. The van der Waals surface area contributed by atoms with Crippen LogP contribution in [0.2, 0.25) is 0 Å². The van der Waals surface area contributed by atoms with Crippen LogP contribution in [0.4, 0.5) is 0 Å². The number of nitriles is 1. The molecule has 1 aliphatic carbocycles. The van der Waals surface area contributed by atoms with Crippen LogP contribution in [0.3, 0.4) is 0 Å². The Bertz CT molecular complexity index is 474. The summed E-state index contributed by atoms with van der Waals surface area (Å²) in [5.41, 5.74) is -0.0272. The molecule has 2 atom stereocenters. The van der Waals surface area contributed by atoms with E-state index in [1.807, 2.05) is 0 Å². The molecule has 2 N–H and O–H groups in total. The summed E-state index contributed by atoms with van der Waals surface area (Å²) in [6.45, 7) is 6.56. The van der Waals surface area contributed by atoms with E-state index in [4.69, 9.17) is 0 Å². The number of hydrogen-bond acceptors (Lipinski definition) is 5. The van der Waals surface area contributed by atoms with Crippen LogP contribution < -0.4 is 10.6 Å². The van der Waals surface area contributed by atoms with Crippen LogP contribution in [0, 0.1) is 17.2 Å². The maximum atomic E-state index is 11.5. The van der Waals surface area contributed by atoms with Crippen LogP contribution in [0.1, 0.15) is 32.6 Å². The van der Waals surface area contributed by atoms with E-state index in [9.17, 15) is 10.1 Å². The Morgan fingerprint density at radius 1 is 1.35 bits per heavy atom. The number of nitrogens with zero attached hydrogens (tertiary/aromatic N) is 3. The zero-order chi connectivity index (χ0) is 16.4. The van der Waals surface area contributed by atoms with E-state index in [2.05, 4.69) is 33.4 Å². The van der Waals surface area contributed by atoms with Crippen molar-refractivity contribution in [3.8, 4) is 6.07 Å². The number of nitrogens with one attached hydrogen (secondary N) is 2. The molecule has 2 aliphatic heterocycles. The molecule has 3 aliphatic rings. The standard InChI is InChI=1S/C17H29N5O/c1-13-9-15(13)20-14-3-7-22(8-4-14)17(5-6-18)11-21(12-17)10-16(23)19-2/h13-15,20H,3-5,7-12H2,1-2H3,(H,19,23)/t13-,15-/m1/s1. The Labute approximate surface area is 139 Å².